The Hall–Kier alpha value is -1.07. The van der Waals surface area contributed by atoms with Crippen LogP contribution >= 0.6 is 0 Å². The van der Waals surface area contributed by atoms with Crippen molar-refractivity contribution in [3.8, 4) is 5.75 Å². The highest BCUT2D eigenvalue weighted by molar-refractivity contribution is 7.90. The molecule has 1 rings (SSSR count). The molecule has 0 saturated heterocycles. The lowest BCUT2D eigenvalue weighted by atomic mass is 9.96. The fraction of sp³-hybridized carbons (Fsp3) is 0.625. The van der Waals surface area contributed by atoms with Crippen LogP contribution in [-0.2, 0) is 16.3 Å². The highest BCUT2D eigenvalue weighted by Gasteiger charge is 2.15. The summed E-state index contributed by atoms with van der Waals surface area (Å²) in [4.78, 5) is 0. The molecule has 1 aromatic carbocycles. The van der Waals surface area contributed by atoms with Crippen molar-refractivity contribution in [1.29, 1.82) is 0 Å². The van der Waals surface area contributed by atoms with Crippen molar-refractivity contribution in [2.45, 2.75) is 26.2 Å². The maximum Gasteiger partial charge on any atom is 0.147 e. The summed E-state index contributed by atoms with van der Waals surface area (Å²) < 4.78 is 28.2. The van der Waals surface area contributed by atoms with E-state index in [1.165, 1.54) is 6.26 Å². The normalized spacial score (nSPS) is 13.1. The molecule has 0 aromatic heterocycles. The third-order valence-electron chi connectivity index (χ3n) is 3.46. The van der Waals surface area contributed by atoms with Crippen molar-refractivity contribution in [3.63, 3.8) is 0 Å². The minimum absolute atomic E-state index is 0.237. The molecule has 1 N–H and O–H groups in total. The zero-order valence-electron chi connectivity index (χ0n) is 13.3. The smallest absolute Gasteiger partial charge is 0.147 e. The highest BCUT2D eigenvalue weighted by atomic mass is 32.2. The summed E-state index contributed by atoms with van der Waals surface area (Å²) in [6, 6.07) is 7.93. The quantitative estimate of drug-likeness (QED) is 0.673. The molecule has 0 bridgehead atoms. The summed E-state index contributed by atoms with van der Waals surface area (Å²) in [5.41, 5.74) is 1.14. The van der Waals surface area contributed by atoms with Crippen LogP contribution in [0, 0.1) is 5.92 Å². The van der Waals surface area contributed by atoms with Gasteiger partial charge in [-0.1, -0.05) is 25.1 Å². The number of hydrogen-bond acceptors (Lipinski definition) is 4. The van der Waals surface area contributed by atoms with Gasteiger partial charge in [0, 0.05) is 6.26 Å². The molecular formula is C16H27NO3S. The van der Waals surface area contributed by atoms with Gasteiger partial charge in [0.1, 0.15) is 15.6 Å². The Bertz CT molecular complexity index is 514. The first-order chi connectivity index (χ1) is 9.96. The second-order valence-corrected chi connectivity index (χ2v) is 7.76. The number of benzene rings is 1. The highest BCUT2D eigenvalue weighted by Crippen LogP contribution is 2.22. The van der Waals surface area contributed by atoms with Crippen molar-refractivity contribution in [2.75, 3.05) is 32.2 Å². The molecule has 0 amide bonds. The zero-order valence-corrected chi connectivity index (χ0v) is 14.1. The van der Waals surface area contributed by atoms with Gasteiger partial charge in [0.2, 0.25) is 0 Å². The molecule has 1 aromatic rings. The van der Waals surface area contributed by atoms with Crippen molar-refractivity contribution < 1.29 is 13.2 Å². The summed E-state index contributed by atoms with van der Waals surface area (Å²) in [5.74, 6) is 1.40. The largest absolute Gasteiger partial charge is 0.496 e. The Morgan fingerprint density at radius 2 is 2.00 bits per heavy atom. The number of sulfone groups is 1. The van der Waals surface area contributed by atoms with E-state index in [9.17, 15) is 8.42 Å². The molecule has 0 aliphatic heterocycles. The van der Waals surface area contributed by atoms with Crippen LogP contribution in [-0.4, -0.2) is 40.6 Å². The molecule has 1 unspecified atom stereocenters. The molecule has 120 valence electrons. The van der Waals surface area contributed by atoms with Gasteiger partial charge in [-0.05, 0) is 49.9 Å². The Balaban J connectivity index is 2.70. The minimum atomic E-state index is -2.92. The monoisotopic (exact) mass is 313 g/mol. The van der Waals surface area contributed by atoms with Gasteiger partial charge >= 0.3 is 0 Å². The van der Waals surface area contributed by atoms with E-state index in [4.69, 9.17) is 4.74 Å². The number of para-hydroxylation sites is 1. The molecule has 1 atom stereocenters. The molecule has 0 saturated carbocycles. The first-order valence-corrected chi connectivity index (χ1v) is 9.52. The lowest BCUT2D eigenvalue weighted by Gasteiger charge is -2.18. The number of hydrogen-bond donors (Lipinski definition) is 1. The van der Waals surface area contributed by atoms with Crippen molar-refractivity contribution >= 4 is 9.84 Å². The summed E-state index contributed by atoms with van der Waals surface area (Å²) in [6.45, 7) is 3.92. The standard InChI is InChI=1S/C16H27NO3S/c1-4-10-17-13-14(9-11-21(3,18)19)12-15-7-5-6-8-16(15)20-2/h5-8,14,17H,4,9-13H2,1-3H3. The molecule has 0 radical (unpaired) electrons. The fourth-order valence-corrected chi connectivity index (χ4v) is 3.08. The van der Waals surface area contributed by atoms with Crippen molar-refractivity contribution in [1.82, 2.24) is 5.32 Å². The van der Waals surface area contributed by atoms with E-state index in [1.807, 2.05) is 24.3 Å². The van der Waals surface area contributed by atoms with Crippen LogP contribution in [0.3, 0.4) is 0 Å². The predicted octanol–water partition coefficient (Wildman–Crippen LogP) is 2.29. The first kappa shape index (κ1) is 18.0. The first-order valence-electron chi connectivity index (χ1n) is 7.46. The SMILES string of the molecule is CCCNCC(CCS(C)(=O)=O)Cc1ccccc1OC. The van der Waals surface area contributed by atoms with Crippen LogP contribution < -0.4 is 10.1 Å². The molecule has 0 heterocycles. The molecule has 0 fully saturated rings. The Labute approximate surface area is 128 Å². The van der Waals surface area contributed by atoms with Gasteiger partial charge in [0.25, 0.3) is 0 Å². The van der Waals surface area contributed by atoms with E-state index >= 15 is 0 Å². The van der Waals surface area contributed by atoms with Gasteiger partial charge < -0.3 is 10.1 Å². The molecule has 21 heavy (non-hydrogen) atoms. The average Bonchev–Trinajstić information content (AvgIpc) is 2.44. The number of ether oxygens (including phenoxy) is 1. The molecular weight excluding hydrogens is 286 g/mol. The number of nitrogens with one attached hydrogen (secondary N) is 1. The van der Waals surface area contributed by atoms with E-state index in [0.29, 0.717) is 12.3 Å². The third kappa shape index (κ3) is 7.48. The second kappa shape index (κ2) is 9.05. The average molecular weight is 313 g/mol. The molecule has 0 aliphatic carbocycles. The minimum Gasteiger partial charge on any atom is -0.496 e. The summed E-state index contributed by atoms with van der Waals surface area (Å²) in [6.07, 6.45) is 3.88. The second-order valence-electron chi connectivity index (χ2n) is 5.50. The van der Waals surface area contributed by atoms with Gasteiger partial charge in [-0.25, -0.2) is 8.42 Å². The Morgan fingerprint density at radius 1 is 1.29 bits per heavy atom. The van der Waals surface area contributed by atoms with Crippen LogP contribution in [0.1, 0.15) is 25.3 Å². The fourth-order valence-electron chi connectivity index (χ4n) is 2.32. The molecule has 0 aliphatic rings. The van der Waals surface area contributed by atoms with E-state index in [-0.39, 0.29) is 5.75 Å². The zero-order chi connectivity index (χ0) is 15.7. The van der Waals surface area contributed by atoms with Gasteiger partial charge in [0.05, 0.1) is 12.9 Å². The third-order valence-corrected chi connectivity index (χ3v) is 4.44. The van der Waals surface area contributed by atoms with Crippen LogP contribution in [0.25, 0.3) is 0 Å². The maximum absolute atomic E-state index is 11.4. The number of rotatable bonds is 10. The van der Waals surface area contributed by atoms with Crippen LogP contribution in [0.2, 0.25) is 0 Å². The van der Waals surface area contributed by atoms with Crippen LogP contribution in [0.5, 0.6) is 5.75 Å². The Kier molecular flexibility index (Phi) is 7.75. The summed E-state index contributed by atoms with van der Waals surface area (Å²) >= 11 is 0. The predicted molar refractivity (Wildman–Crippen MR) is 87.7 cm³/mol. The van der Waals surface area contributed by atoms with Crippen molar-refractivity contribution in [2.24, 2.45) is 5.92 Å². The maximum atomic E-state index is 11.4. The van der Waals surface area contributed by atoms with Gasteiger partial charge in [-0.3, -0.25) is 0 Å². The van der Waals surface area contributed by atoms with Gasteiger partial charge in [0.15, 0.2) is 0 Å². The van der Waals surface area contributed by atoms with Crippen LogP contribution in [0.4, 0.5) is 0 Å². The summed E-state index contributed by atoms with van der Waals surface area (Å²) in [5, 5.41) is 3.39. The number of methoxy groups -OCH3 is 1. The van der Waals surface area contributed by atoms with E-state index < -0.39 is 9.84 Å². The molecule has 4 nitrogen and oxygen atoms in total. The van der Waals surface area contributed by atoms with E-state index in [0.717, 1.165) is 37.2 Å². The van der Waals surface area contributed by atoms with E-state index in [2.05, 4.69) is 12.2 Å². The van der Waals surface area contributed by atoms with Crippen LogP contribution in [0.15, 0.2) is 24.3 Å². The lowest BCUT2D eigenvalue weighted by molar-refractivity contribution is 0.398. The van der Waals surface area contributed by atoms with Gasteiger partial charge in [-0.15, -0.1) is 0 Å². The van der Waals surface area contributed by atoms with Gasteiger partial charge in [-0.2, -0.15) is 0 Å². The summed E-state index contributed by atoms with van der Waals surface area (Å²) in [7, 11) is -1.25. The topological polar surface area (TPSA) is 55.4 Å². The molecule has 5 heteroatoms. The lowest BCUT2D eigenvalue weighted by Crippen LogP contribution is -2.26. The molecule has 0 spiro atoms. The Morgan fingerprint density at radius 3 is 2.62 bits per heavy atom. The van der Waals surface area contributed by atoms with E-state index in [1.54, 1.807) is 7.11 Å². The van der Waals surface area contributed by atoms with Crippen molar-refractivity contribution in [3.05, 3.63) is 29.8 Å².